The van der Waals surface area contributed by atoms with Gasteiger partial charge in [0.15, 0.2) is 0 Å². The van der Waals surface area contributed by atoms with E-state index >= 15 is 0 Å². The number of likely N-dealkylation sites (tertiary alicyclic amines) is 2. The summed E-state index contributed by atoms with van der Waals surface area (Å²) in [6.45, 7) is 15.3. The first kappa shape index (κ1) is 21.8. The standard InChI is InChI=1S/C18H36N2.2H3N/c1-16-7-4-10-19(13-16)11-5-8-17(2)14-20-12-6-9-18(3)15-20;;/h16-18H,4-15H2,1-3H3;2*1H3. The number of nitrogens with zero attached hydrogens (tertiary/aromatic N) is 2. The minimum Gasteiger partial charge on any atom is -0.344 e. The Kier molecular flexibility index (Phi) is 11.3. The van der Waals surface area contributed by atoms with Crippen LogP contribution in [0.15, 0.2) is 0 Å². The molecule has 2 rings (SSSR count). The molecular formula is C18H42N4. The van der Waals surface area contributed by atoms with Crippen LogP contribution in [-0.4, -0.2) is 49.1 Å². The first-order valence-corrected chi connectivity index (χ1v) is 9.08. The third-order valence-corrected chi connectivity index (χ3v) is 5.22. The number of rotatable bonds is 6. The molecule has 2 saturated heterocycles. The fourth-order valence-electron chi connectivity index (χ4n) is 4.14. The fourth-order valence-corrected chi connectivity index (χ4v) is 4.14. The molecule has 22 heavy (non-hydrogen) atoms. The summed E-state index contributed by atoms with van der Waals surface area (Å²) in [7, 11) is 0. The van der Waals surface area contributed by atoms with Gasteiger partial charge in [-0.3, -0.25) is 0 Å². The zero-order chi connectivity index (χ0) is 14.4. The molecular weight excluding hydrogens is 272 g/mol. The van der Waals surface area contributed by atoms with Crippen molar-refractivity contribution in [2.24, 2.45) is 17.8 Å². The lowest BCUT2D eigenvalue weighted by Gasteiger charge is -2.33. The molecule has 0 aliphatic carbocycles. The van der Waals surface area contributed by atoms with Gasteiger partial charge < -0.3 is 22.1 Å². The van der Waals surface area contributed by atoms with Crippen molar-refractivity contribution in [1.29, 1.82) is 0 Å². The second-order valence-corrected chi connectivity index (χ2v) is 7.80. The Morgan fingerprint density at radius 2 is 1.45 bits per heavy atom. The Bertz CT molecular complexity index is 272. The van der Waals surface area contributed by atoms with Crippen LogP contribution >= 0.6 is 0 Å². The average Bonchev–Trinajstić information content (AvgIpc) is 2.38. The van der Waals surface area contributed by atoms with Crippen LogP contribution in [0, 0.1) is 17.8 Å². The topological polar surface area (TPSA) is 76.5 Å². The van der Waals surface area contributed by atoms with Gasteiger partial charge in [0.1, 0.15) is 0 Å². The van der Waals surface area contributed by atoms with Gasteiger partial charge in [0.25, 0.3) is 0 Å². The quantitative estimate of drug-likeness (QED) is 0.770. The van der Waals surface area contributed by atoms with Crippen LogP contribution in [0.4, 0.5) is 0 Å². The molecule has 0 radical (unpaired) electrons. The maximum Gasteiger partial charge on any atom is 0.000714 e. The van der Waals surface area contributed by atoms with Crippen LogP contribution in [0.1, 0.15) is 59.3 Å². The second kappa shape index (κ2) is 11.4. The van der Waals surface area contributed by atoms with Crippen molar-refractivity contribution in [3.63, 3.8) is 0 Å². The minimum atomic E-state index is 0. The Hall–Kier alpha value is -0.160. The van der Waals surface area contributed by atoms with E-state index in [1.807, 2.05) is 0 Å². The smallest absolute Gasteiger partial charge is 0.000714 e. The molecule has 4 heteroatoms. The van der Waals surface area contributed by atoms with Crippen LogP contribution in [0.2, 0.25) is 0 Å². The highest BCUT2D eigenvalue weighted by Crippen LogP contribution is 2.19. The van der Waals surface area contributed by atoms with Crippen molar-refractivity contribution in [3.05, 3.63) is 0 Å². The highest BCUT2D eigenvalue weighted by Gasteiger charge is 2.19. The van der Waals surface area contributed by atoms with Crippen LogP contribution < -0.4 is 12.3 Å². The molecule has 0 aromatic carbocycles. The zero-order valence-electron chi connectivity index (χ0n) is 15.5. The summed E-state index contributed by atoms with van der Waals surface area (Å²) < 4.78 is 0. The second-order valence-electron chi connectivity index (χ2n) is 7.80. The van der Waals surface area contributed by atoms with Crippen LogP contribution in [0.5, 0.6) is 0 Å². The molecule has 2 heterocycles. The maximum atomic E-state index is 2.71. The normalized spacial score (nSPS) is 28.5. The summed E-state index contributed by atoms with van der Waals surface area (Å²) in [5, 5.41) is 0. The fraction of sp³-hybridized carbons (Fsp3) is 1.00. The third-order valence-electron chi connectivity index (χ3n) is 5.22. The Labute approximate surface area is 139 Å². The summed E-state index contributed by atoms with van der Waals surface area (Å²) >= 11 is 0. The van der Waals surface area contributed by atoms with Gasteiger partial charge in [-0.1, -0.05) is 20.8 Å². The van der Waals surface area contributed by atoms with E-state index in [4.69, 9.17) is 0 Å². The van der Waals surface area contributed by atoms with Gasteiger partial charge in [-0.2, -0.15) is 0 Å². The minimum absolute atomic E-state index is 0. The van der Waals surface area contributed by atoms with Gasteiger partial charge in [-0.25, -0.2) is 0 Å². The molecule has 134 valence electrons. The summed E-state index contributed by atoms with van der Waals surface area (Å²) in [6, 6.07) is 0. The molecule has 2 aliphatic heterocycles. The highest BCUT2D eigenvalue weighted by atomic mass is 15.1. The predicted molar refractivity (Wildman–Crippen MR) is 98.1 cm³/mol. The molecule has 2 fully saturated rings. The van der Waals surface area contributed by atoms with Crippen molar-refractivity contribution in [1.82, 2.24) is 22.1 Å². The van der Waals surface area contributed by atoms with E-state index in [0.29, 0.717) is 0 Å². The molecule has 0 spiro atoms. The van der Waals surface area contributed by atoms with Crippen LogP contribution in [-0.2, 0) is 0 Å². The predicted octanol–water partition coefficient (Wildman–Crippen LogP) is 4.19. The molecule has 2 aliphatic rings. The lowest BCUT2D eigenvalue weighted by molar-refractivity contribution is 0.151. The Balaban J connectivity index is 0.00000220. The molecule has 3 unspecified atom stereocenters. The third kappa shape index (κ3) is 7.91. The van der Waals surface area contributed by atoms with E-state index in [1.165, 1.54) is 77.8 Å². The SMILES string of the molecule is CC1CCCN(CCCC(C)CN2CCCC(C)C2)C1.N.N. The number of hydrogen-bond acceptors (Lipinski definition) is 4. The largest absolute Gasteiger partial charge is 0.344 e. The van der Waals surface area contributed by atoms with Crippen molar-refractivity contribution in [2.45, 2.75) is 59.3 Å². The highest BCUT2D eigenvalue weighted by molar-refractivity contribution is 4.73. The summed E-state index contributed by atoms with van der Waals surface area (Å²) in [5.41, 5.74) is 0. The summed E-state index contributed by atoms with van der Waals surface area (Å²) in [5.74, 6) is 2.73. The average molecular weight is 315 g/mol. The first-order valence-electron chi connectivity index (χ1n) is 9.08. The number of hydrogen-bond donors (Lipinski definition) is 2. The Morgan fingerprint density at radius 3 is 2.05 bits per heavy atom. The van der Waals surface area contributed by atoms with Gasteiger partial charge in [-0.15, -0.1) is 0 Å². The molecule has 4 nitrogen and oxygen atoms in total. The van der Waals surface area contributed by atoms with Gasteiger partial charge in [0.05, 0.1) is 0 Å². The van der Waals surface area contributed by atoms with Gasteiger partial charge in [0, 0.05) is 19.6 Å². The zero-order valence-corrected chi connectivity index (χ0v) is 15.5. The van der Waals surface area contributed by atoms with Gasteiger partial charge >= 0.3 is 0 Å². The van der Waals surface area contributed by atoms with Crippen molar-refractivity contribution in [2.75, 3.05) is 39.3 Å². The molecule has 0 amide bonds. The molecule has 0 aromatic heterocycles. The van der Waals surface area contributed by atoms with Crippen LogP contribution in [0.25, 0.3) is 0 Å². The van der Waals surface area contributed by atoms with Gasteiger partial charge in [0.2, 0.25) is 0 Å². The summed E-state index contributed by atoms with van der Waals surface area (Å²) in [6.07, 6.45) is 8.53. The lowest BCUT2D eigenvalue weighted by Crippen LogP contribution is -2.37. The van der Waals surface area contributed by atoms with E-state index in [2.05, 4.69) is 30.6 Å². The first-order chi connectivity index (χ1) is 9.63. The van der Waals surface area contributed by atoms with E-state index in [0.717, 1.165) is 17.8 Å². The van der Waals surface area contributed by atoms with Crippen molar-refractivity contribution < 1.29 is 0 Å². The van der Waals surface area contributed by atoms with Crippen LogP contribution in [0.3, 0.4) is 0 Å². The monoisotopic (exact) mass is 314 g/mol. The van der Waals surface area contributed by atoms with Crippen molar-refractivity contribution in [3.8, 4) is 0 Å². The number of piperidine rings is 2. The molecule has 0 bridgehead atoms. The van der Waals surface area contributed by atoms with E-state index < -0.39 is 0 Å². The Morgan fingerprint density at radius 1 is 0.909 bits per heavy atom. The van der Waals surface area contributed by atoms with Gasteiger partial charge in [-0.05, 0) is 75.9 Å². The van der Waals surface area contributed by atoms with E-state index in [1.54, 1.807) is 0 Å². The summed E-state index contributed by atoms with van der Waals surface area (Å²) in [4.78, 5) is 5.41. The van der Waals surface area contributed by atoms with E-state index in [-0.39, 0.29) is 12.3 Å². The molecule has 0 aromatic rings. The lowest BCUT2D eigenvalue weighted by atomic mass is 9.97. The van der Waals surface area contributed by atoms with E-state index in [9.17, 15) is 0 Å². The molecule has 0 saturated carbocycles. The molecule has 6 N–H and O–H groups in total. The maximum absolute atomic E-state index is 2.71. The molecule has 3 atom stereocenters. The van der Waals surface area contributed by atoms with Crippen molar-refractivity contribution >= 4 is 0 Å².